The molecular weight excluding hydrogens is 317 g/mol. The molecule has 0 bridgehead atoms. The Morgan fingerprint density at radius 3 is 2.75 bits per heavy atom. The van der Waals surface area contributed by atoms with E-state index in [4.69, 9.17) is 0 Å². The summed E-state index contributed by atoms with van der Waals surface area (Å²) in [4.78, 5) is 0.0509. The van der Waals surface area contributed by atoms with Crippen LogP contribution in [0, 0.1) is 5.82 Å². The van der Waals surface area contributed by atoms with Crippen LogP contribution < -0.4 is 4.72 Å². The largest absolute Gasteiger partial charge is 0.241 e. The lowest BCUT2D eigenvalue weighted by Gasteiger charge is -2.07. The summed E-state index contributed by atoms with van der Waals surface area (Å²) in [7, 11) is -3.56. The lowest BCUT2D eigenvalue weighted by atomic mass is 10.3. The second-order valence-electron chi connectivity index (χ2n) is 2.97. The van der Waals surface area contributed by atoms with E-state index in [-0.39, 0.29) is 9.37 Å². The molecule has 1 aromatic rings. The summed E-state index contributed by atoms with van der Waals surface area (Å²) < 4.78 is 39.0. The molecule has 0 amide bonds. The minimum absolute atomic E-state index is 0.0509. The Hall–Kier alpha value is -0.110. The lowest BCUT2D eigenvalue weighted by molar-refractivity contribution is 0.582. The van der Waals surface area contributed by atoms with E-state index in [1.165, 1.54) is 6.07 Å². The highest BCUT2D eigenvalue weighted by Gasteiger charge is 2.17. The van der Waals surface area contributed by atoms with Crippen molar-refractivity contribution in [3.63, 3.8) is 0 Å². The average Bonchev–Trinajstić information content (AvgIpc) is 2.17. The van der Waals surface area contributed by atoms with Crippen LogP contribution in [-0.4, -0.2) is 27.0 Å². The van der Waals surface area contributed by atoms with E-state index in [0.29, 0.717) is 12.3 Å². The molecule has 0 saturated heterocycles. The molecule has 7 heteroatoms. The Labute approximate surface area is 107 Å². The van der Waals surface area contributed by atoms with Gasteiger partial charge in [-0.2, -0.15) is 11.8 Å². The number of thioether (sulfide) groups is 1. The van der Waals surface area contributed by atoms with Gasteiger partial charge in [0.2, 0.25) is 10.0 Å². The fourth-order valence-electron chi connectivity index (χ4n) is 1.05. The first-order chi connectivity index (χ1) is 7.47. The second kappa shape index (κ2) is 6.00. The summed E-state index contributed by atoms with van der Waals surface area (Å²) >= 11 is 4.57. The maximum atomic E-state index is 12.8. The summed E-state index contributed by atoms with van der Waals surface area (Å²) in [6.45, 7) is 0.354. The van der Waals surface area contributed by atoms with Gasteiger partial charge < -0.3 is 0 Å². The third-order valence-corrected chi connectivity index (χ3v) is 4.83. The summed E-state index contributed by atoms with van der Waals surface area (Å²) in [5, 5.41) is 0. The molecule has 0 heterocycles. The van der Waals surface area contributed by atoms with Gasteiger partial charge in [-0.25, -0.2) is 17.5 Å². The van der Waals surface area contributed by atoms with Crippen molar-refractivity contribution < 1.29 is 12.8 Å². The molecule has 3 nitrogen and oxygen atoms in total. The van der Waals surface area contributed by atoms with Crippen LogP contribution in [0.25, 0.3) is 0 Å². The Morgan fingerprint density at radius 2 is 2.19 bits per heavy atom. The van der Waals surface area contributed by atoms with Gasteiger partial charge in [0.1, 0.15) is 5.82 Å². The van der Waals surface area contributed by atoms with Crippen molar-refractivity contribution in [1.29, 1.82) is 0 Å². The summed E-state index contributed by atoms with van der Waals surface area (Å²) in [6.07, 6.45) is 1.89. The topological polar surface area (TPSA) is 46.2 Å². The van der Waals surface area contributed by atoms with Gasteiger partial charge in [-0.1, -0.05) is 0 Å². The smallest absolute Gasteiger partial charge is 0.210 e. The monoisotopic (exact) mass is 327 g/mol. The number of benzene rings is 1. The molecule has 0 aliphatic rings. The number of hydrogen-bond acceptors (Lipinski definition) is 3. The minimum Gasteiger partial charge on any atom is -0.210 e. The van der Waals surface area contributed by atoms with Crippen LogP contribution in [0.1, 0.15) is 0 Å². The zero-order valence-corrected chi connectivity index (χ0v) is 11.8. The van der Waals surface area contributed by atoms with E-state index in [9.17, 15) is 12.8 Å². The molecular formula is C9H11BrFNO2S2. The molecule has 0 saturated carbocycles. The molecule has 1 aromatic carbocycles. The van der Waals surface area contributed by atoms with E-state index in [1.54, 1.807) is 11.8 Å². The number of rotatable bonds is 5. The van der Waals surface area contributed by atoms with Gasteiger partial charge in [-0.05, 0) is 40.4 Å². The van der Waals surface area contributed by atoms with Crippen LogP contribution >= 0.6 is 27.7 Å². The van der Waals surface area contributed by atoms with Gasteiger partial charge in [-0.3, -0.25) is 0 Å². The van der Waals surface area contributed by atoms with Gasteiger partial charge >= 0.3 is 0 Å². The van der Waals surface area contributed by atoms with E-state index in [1.807, 2.05) is 6.26 Å². The third kappa shape index (κ3) is 3.73. The Balaban J connectivity index is 2.90. The average molecular weight is 328 g/mol. The lowest BCUT2D eigenvalue weighted by Crippen LogP contribution is -2.26. The van der Waals surface area contributed by atoms with E-state index in [2.05, 4.69) is 20.7 Å². The molecule has 0 aliphatic heterocycles. The Kier molecular flexibility index (Phi) is 5.23. The van der Waals surface area contributed by atoms with E-state index < -0.39 is 15.8 Å². The molecule has 0 spiro atoms. The highest BCUT2D eigenvalue weighted by Crippen LogP contribution is 2.22. The second-order valence-corrected chi connectivity index (χ2v) is 6.54. The molecule has 0 atom stereocenters. The predicted molar refractivity (Wildman–Crippen MR) is 67.7 cm³/mol. The fourth-order valence-corrected chi connectivity index (χ4v) is 3.56. The van der Waals surface area contributed by atoms with Crippen LogP contribution in [0.3, 0.4) is 0 Å². The van der Waals surface area contributed by atoms with Crippen molar-refractivity contribution in [2.24, 2.45) is 0 Å². The van der Waals surface area contributed by atoms with Gasteiger partial charge in [0.25, 0.3) is 0 Å². The normalized spacial score (nSPS) is 11.7. The van der Waals surface area contributed by atoms with Crippen molar-refractivity contribution in [1.82, 2.24) is 4.72 Å². The van der Waals surface area contributed by atoms with Gasteiger partial charge in [0, 0.05) is 16.8 Å². The maximum Gasteiger partial charge on any atom is 0.241 e. The van der Waals surface area contributed by atoms with Crippen molar-refractivity contribution in [2.45, 2.75) is 4.90 Å². The quantitative estimate of drug-likeness (QED) is 0.843. The molecule has 16 heavy (non-hydrogen) atoms. The maximum absolute atomic E-state index is 12.8. The number of halogens is 2. The van der Waals surface area contributed by atoms with Crippen LogP contribution in [0.2, 0.25) is 0 Å². The van der Waals surface area contributed by atoms with Crippen LogP contribution in [-0.2, 0) is 10.0 Å². The fraction of sp³-hybridized carbons (Fsp3) is 0.333. The van der Waals surface area contributed by atoms with Crippen molar-refractivity contribution in [2.75, 3.05) is 18.6 Å². The number of nitrogens with one attached hydrogen (secondary N) is 1. The molecule has 0 radical (unpaired) electrons. The Bertz CT molecular complexity index is 465. The minimum atomic E-state index is -3.56. The molecule has 0 aromatic heterocycles. The summed E-state index contributed by atoms with van der Waals surface area (Å²) in [6, 6.07) is 3.48. The zero-order chi connectivity index (χ0) is 12.2. The number of hydrogen-bond donors (Lipinski definition) is 1. The molecule has 90 valence electrons. The van der Waals surface area contributed by atoms with Crippen molar-refractivity contribution in [3.05, 3.63) is 28.5 Å². The van der Waals surface area contributed by atoms with Gasteiger partial charge in [0.05, 0.1) is 4.90 Å². The van der Waals surface area contributed by atoms with Gasteiger partial charge in [0.15, 0.2) is 0 Å². The van der Waals surface area contributed by atoms with Crippen molar-refractivity contribution in [3.8, 4) is 0 Å². The molecule has 0 aliphatic carbocycles. The molecule has 1 rings (SSSR count). The van der Waals surface area contributed by atoms with Crippen LogP contribution in [0.15, 0.2) is 27.6 Å². The standard InChI is InChI=1S/C9H11BrFNO2S2/c1-15-5-4-12-16(13,14)9-3-2-7(11)6-8(9)10/h2-3,6,12H,4-5H2,1H3. The summed E-state index contributed by atoms with van der Waals surface area (Å²) in [5.41, 5.74) is 0. The third-order valence-electron chi connectivity index (χ3n) is 1.78. The highest BCUT2D eigenvalue weighted by molar-refractivity contribution is 9.10. The Morgan fingerprint density at radius 1 is 1.50 bits per heavy atom. The van der Waals surface area contributed by atoms with Crippen LogP contribution in [0.4, 0.5) is 4.39 Å². The first-order valence-electron chi connectivity index (χ1n) is 4.41. The van der Waals surface area contributed by atoms with E-state index >= 15 is 0 Å². The molecule has 0 fully saturated rings. The van der Waals surface area contributed by atoms with Gasteiger partial charge in [-0.15, -0.1) is 0 Å². The molecule has 1 N–H and O–H groups in total. The first kappa shape index (κ1) is 14.0. The van der Waals surface area contributed by atoms with Crippen molar-refractivity contribution >= 4 is 37.7 Å². The first-order valence-corrected chi connectivity index (χ1v) is 8.08. The van der Waals surface area contributed by atoms with Crippen LogP contribution in [0.5, 0.6) is 0 Å². The highest BCUT2D eigenvalue weighted by atomic mass is 79.9. The summed E-state index contributed by atoms with van der Waals surface area (Å²) in [5.74, 6) is 0.216. The predicted octanol–water partition coefficient (Wildman–Crippen LogP) is 2.23. The molecule has 0 unspecified atom stereocenters. The SMILES string of the molecule is CSCCNS(=O)(=O)c1ccc(F)cc1Br. The zero-order valence-electron chi connectivity index (χ0n) is 8.54. The number of sulfonamides is 1. The van der Waals surface area contributed by atoms with E-state index in [0.717, 1.165) is 12.1 Å².